The molecule has 18 heavy (non-hydrogen) atoms. The van der Waals surface area contributed by atoms with E-state index in [0.29, 0.717) is 11.9 Å². The molecule has 1 N–H and O–H groups in total. The van der Waals surface area contributed by atoms with Crippen LogP contribution in [0.5, 0.6) is 0 Å². The number of rotatable bonds is 5. The van der Waals surface area contributed by atoms with E-state index in [0.717, 1.165) is 17.8 Å². The number of nitrogens with zero attached hydrogens (tertiary/aromatic N) is 2. The van der Waals surface area contributed by atoms with E-state index < -0.39 is 0 Å². The van der Waals surface area contributed by atoms with Crippen LogP contribution in [0.1, 0.15) is 24.2 Å². The largest absolute Gasteiger partial charge is 0.335 e. The summed E-state index contributed by atoms with van der Waals surface area (Å²) in [6.07, 6.45) is 4.55. The van der Waals surface area contributed by atoms with Crippen LogP contribution in [0.3, 0.4) is 0 Å². The Morgan fingerprint density at radius 1 is 1.28 bits per heavy atom. The predicted octanol–water partition coefficient (Wildman–Crippen LogP) is 2.39. The molecule has 0 aliphatic carbocycles. The summed E-state index contributed by atoms with van der Waals surface area (Å²) in [5.41, 5.74) is 1.11. The molecule has 1 aromatic carbocycles. The quantitative estimate of drug-likeness (QED) is 0.876. The van der Waals surface area contributed by atoms with Gasteiger partial charge in [0, 0.05) is 18.5 Å². The fraction of sp³-hybridized carbons (Fsp3) is 0.286. The van der Waals surface area contributed by atoms with Crippen LogP contribution >= 0.6 is 0 Å². The number of benzene rings is 1. The molecule has 4 heteroatoms. The SMILES string of the molecule is CNC(C)Cc1noc(/C=C/c2ccccc2)n1. The maximum absolute atomic E-state index is 5.16. The lowest BCUT2D eigenvalue weighted by atomic mass is 10.2. The molecule has 1 aromatic heterocycles. The molecule has 0 spiro atoms. The van der Waals surface area contributed by atoms with E-state index in [1.54, 1.807) is 0 Å². The van der Waals surface area contributed by atoms with Crippen LogP contribution in [-0.2, 0) is 6.42 Å². The van der Waals surface area contributed by atoms with Gasteiger partial charge < -0.3 is 9.84 Å². The summed E-state index contributed by atoms with van der Waals surface area (Å²) in [6.45, 7) is 2.08. The standard InChI is InChI=1S/C14H17N3O/c1-11(15-2)10-13-16-14(18-17-13)9-8-12-6-4-3-5-7-12/h3-9,11,15H,10H2,1-2H3/b9-8+. The molecular weight excluding hydrogens is 226 g/mol. The molecular formula is C14H17N3O. The Hall–Kier alpha value is -1.94. The van der Waals surface area contributed by atoms with Crippen LogP contribution in [0, 0.1) is 0 Å². The smallest absolute Gasteiger partial charge is 0.250 e. The second-order valence-electron chi connectivity index (χ2n) is 4.19. The number of aromatic nitrogens is 2. The molecule has 2 aromatic rings. The summed E-state index contributed by atoms with van der Waals surface area (Å²) in [4.78, 5) is 4.31. The monoisotopic (exact) mass is 243 g/mol. The van der Waals surface area contributed by atoms with Gasteiger partial charge in [-0.2, -0.15) is 4.98 Å². The highest BCUT2D eigenvalue weighted by Gasteiger charge is 2.07. The maximum atomic E-state index is 5.16. The third kappa shape index (κ3) is 3.53. The zero-order valence-electron chi connectivity index (χ0n) is 10.6. The molecule has 0 amide bonds. The highest BCUT2D eigenvalue weighted by molar-refractivity contribution is 5.65. The van der Waals surface area contributed by atoms with Gasteiger partial charge in [0.15, 0.2) is 5.82 Å². The van der Waals surface area contributed by atoms with Crippen molar-refractivity contribution in [2.45, 2.75) is 19.4 Å². The first-order valence-corrected chi connectivity index (χ1v) is 6.01. The Morgan fingerprint density at radius 2 is 2.06 bits per heavy atom. The van der Waals surface area contributed by atoms with Crippen molar-refractivity contribution in [3.63, 3.8) is 0 Å². The van der Waals surface area contributed by atoms with Gasteiger partial charge in [0.05, 0.1) is 0 Å². The van der Waals surface area contributed by atoms with E-state index in [2.05, 4.69) is 22.4 Å². The normalized spacial score (nSPS) is 13.0. The molecule has 0 saturated heterocycles. The van der Waals surface area contributed by atoms with Gasteiger partial charge in [-0.1, -0.05) is 35.5 Å². The Balaban J connectivity index is 2.00. The van der Waals surface area contributed by atoms with Crippen molar-refractivity contribution in [1.82, 2.24) is 15.5 Å². The topological polar surface area (TPSA) is 51.0 Å². The molecule has 94 valence electrons. The van der Waals surface area contributed by atoms with Gasteiger partial charge in [0.2, 0.25) is 0 Å². The zero-order chi connectivity index (χ0) is 12.8. The second kappa shape index (κ2) is 6.12. The van der Waals surface area contributed by atoms with Gasteiger partial charge in [-0.05, 0) is 25.6 Å². The third-order valence-electron chi connectivity index (χ3n) is 2.68. The van der Waals surface area contributed by atoms with Crippen molar-refractivity contribution in [2.75, 3.05) is 7.05 Å². The van der Waals surface area contributed by atoms with Crippen molar-refractivity contribution < 1.29 is 4.52 Å². The van der Waals surface area contributed by atoms with E-state index in [-0.39, 0.29) is 0 Å². The van der Waals surface area contributed by atoms with Crippen LogP contribution in [0.2, 0.25) is 0 Å². The van der Waals surface area contributed by atoms with Crippen LogP contribution < -0.4 is 5.32 Å². The molecule has 1 unspecified atom stereocenters. The molecule has 1 atom stereocenters. The minimum absolute atomic E-state index is 0.341. The van der Waals surface area contributed by atoms with Gasteiger partial charge in [-0.15, -0.1) is 0 Å². The highest BCUT2D eigenvalue weighted by Crippen LogP contribution is 2.07. The molecule has 0 fully saturated rings. The summed E-state index contributed by atoms with van der Waals surface area (Å²) in [5.74, 6) is 1.27. The van der Waals surface area contributed by atoms with Gasteiger partial charge >= 0.3 is 0 Å². The first-order chi connectivity index (χ1) is 8.78. The van der Waals surface area contributed by atoms with E-state index in [4.69, 9.17) is 4.52 Å². The van der Waals surface area contributed by atoms with Gasteiger partial charge in [0.25, 0.3) is 5.89 Å². The summed E-state index contributed by atoms with van der Waals surface area (Å²) in [6, 6.07) is 10.4. The lowest BCUT2D eigenvalue weighted by Crippen LogP contribution is -2.24. The minimum atomic E-state index is 0.341. The lowest BCUT2D eigenvalue weighted by molar-refractivity contribution is 0.400. The number of nitrogens with one attached hydrogen (secondary N) is 1. The molecule has 2 rings (SSSR count). The fourth-order valence-electron chi connectivity index (χ4n) is 1.53. The van der Waals surface area contributed by atoms with Crippen LogP contribution in [0.25, 0.3) is 12.2 Å². The summed E-state index contributed by atoms with van der Waals surface area (Å²) < 4.78 is 5.16. The van der Waals surface area contributed by atoms with Crippen molar-refractivity contribution in [2.24, 2.45) is 0 Å². The number of likely N-dealkylation sites (N-methyl/N-ethyl adjacent to an activating group) is 1. The van der Waals surface area contributed by atoms with Crippen LogP contribution in [0.15, 0.2) is 34.9 Å². The second-order valence-corrected chi connectivity index (χ2v) is 4.19. The van der Waals surface area contributed by atoms with Crippen molar-refractivity contribution in [3.8, 4) is 0 Å². The van der Waals surface area contributed by atoms with E-state index in [9.17, 15) is 0 Å². The van der Waals surface area contributed by atoms with E-state index in [1.165, 1.54) is 0 Å². The Kier molecular flexibility index (Phi) is 4.25. The fourth-order valence-corrected chi connectivity index (χ4v) is 1.53. The van der Waals surface area contributed by atoms with Crippen LogP contribution in [-0.4, -0.2) is 23.2 Å². The summed E-state index contributed by atoms with van der Waals surface area (Å²) >= 11 is 0. The van der Waals surface area contributed by atoms with E-state index in [1.807, 2.05) is 49.5 Å². The average Bonchev–Trinajstić information content (AvgIpc) is 2.85. The molecule has 0 radical (unpaired) electrons. The van der Waals surface area contributed by atoms with Crippen molar-refractivity contribution in [3.05, 3.63) is 47.6 Å². The lowest BCUT2D eigenvalue weighted by Gasteiger charge is -2.04. The molecule has 0 aliphatic heterocycles. The molecule has 0 saturated carbocycles. The number of hydrogen-bond donors (Lipinski definition) is 1. The summed E-state index contributed by atoms with van der Waals surface area (Å²) in [7, 11) is 1.92. The Morgan fingerprint density at radius 3 is 2.78 bits per heavy atom. The summed E-state index contributed by atoms with van der Waals surface area (Å²) in [5, 5.41) is 7.08. The predicted molar refractivity (Wildman–Crippen MR) is 71.9 cm³/mol. The Bertz CT molecular complexity index is 505. The van der Waals surface area contributed by atoms with Gasteiger partial charge in [0.1, 0.15) is 0 Å². The van der Waals surface area contributed by atoms with Crippen LogP contribution in [0.4, 0.5) is 0 Å². The maximum Gasteiger partial charge on any atom is 0.250 e. The number of hydrogen-bond acceptors (Lipinski definition) is 4. The molecule has 0 bridgehead atoms. The molecule has 4 nitrogen and oxygen atoms in total. The highest BCUT2D eigenvalue weighted by atomic mass is 16.5. The average molecular weight is 243 g/mol. The van der Waals surface area contributed by atoms with E-state index >= 15 is 0 Å². The molecule has 1 heterocycles. The first kappa shape index (κ1) is 12.5. The zero-order valence-corrected chi connectivity index (χ0v) is 10.6. The van der Waals surface area contributed by atoms with Crippen molar-refractivity contribution in [1.29, 1.82) is 0 Å². The minimum Gasteiger partial charge on any atom is -0.335 e. The molecule has 0 aliphatic rings. The van der Waals surface area contributed by atoms with Gasteiger partial charge in [-0.25, -0.2) is 0 Å². The third-order valence-corrected chi connectivity index (χ3v) is 2.68. The first-order valence-electron chi connectivity index (χ1n) is 6.01. The Labute approximate surface area is 107 Å². The van der Waals surface area contributed by atoms with Gasteiger partial charge in [-0.3, -0.25) is 0 Å². The van der Waals surface area contributed by atoms with Crippen molar-refractivity contribution >= 4 is 12.2 Å².